The van der Waals surface area contributed by atoms with Crippen LogP contribution in [-0.2, 0) is 4.79 Å². The van der Waals surface area contributed by atoms with Crippen LogP contribution in [0.4, 0.5) is 0 Å². The van der Waals surface area contributed by atoms with Gasteiger partial charge in [-0.3, -0.25) is 0 Å². The van der Waals surface area contributed by atoms with Crippen molar-refractivity contribution in [2.24, 2.45) is 0 Å². The van der Waals surface area contributed by atoms with Crippen LogP contribution < -0.4 is 5.32 Å². The van der Waals surface area contributed by atoms with Crippen molar-refractivity contribution >= 4 is 6.29 Å². The molecule has 78 valence electrons. The van der Waals surface area contributed by atoms with Gasteiger partial charge in [0.25, 0.3) is 0 Å². The molecule has 0 fully saturated rings. The molecular formula is C13H15NO. The molecule has 2 atom stereocenters. The van der Waals surface area contributed by atoms with Crippen molar-refractivity contribution in [3.63, 3.8) is 0 Å². The highest BCUT2D eigenvalue weighted by molar-refractivity contribution is 5.64. The smallest absolute Gasteiger partial charge is 0.129 e. The Labute approximate surface area is 90.0 Å². The SMILES string of the molecule is O=C[C@@H](c1ccccc1)[C@H]1C=CCCN1. The second-order valence-corrected chi connectivity index (χ2v) is 3.77. The quantitative estimate of drug-likeness (QED) is 0.597. The van der Waals surface area contributed by atoms with Gasteiger partial charge in [-0.25, -0.2) is 0 Å². The molecule has 0 amide bonds. The summed E-state index contributed by atoms with van der Waals surface area (Å²) in [5, 5.41) is 3.35. The summed E-state index contributed by atoms with van der Waals surface area (Å²) < 4.78 is 0. The van der Waals surface area contributed by atoms with Crippen molar-refractivity contribution in [3.8, 4) is 0 Å². The fourth-order valence-corrected chi connectivity index (χ4v) is 1.94. The first kappa shape index (κ1) is 10.1. The van der Waals surface area contributed by atoms with Crippen LogP contribution in [0.15, 0.2) is 42.5 Å². The van der Waals surface area contributed by atoms with Gasteiger partial charge in [0.2, 0.25) is 0 Å². The minimum absolute atomic E-state index is 0.0669. The van der Waals surface area contributed by atoms with Gasteiger partial charge in [0, 0.05) is 6.04 Å². The molecule has 1 aliphatic rings. The van der Waals surface area contributed by atoms with Gasteiger partial charge in [0.15, 0.2) is 0 Å². The second kappa shape index (κ2) is 4.89. The van der Waals surface area contributed by atoms with Crippen molar-refractivity contribution in [1.29, 1.82) is 0 Å². The third kappa shape index (κ3) is 2.34. The Balaban J connectivity index is 2.20. The zero-order valence-electron chi connectivity index (χ0n) is 8.60. The van der Waals surface area contributed by atoms with E-state index >= 15 is 0 Å². The summed E-state index contributed by atoms with van der Waals surface area (Å²) in [5.74, 6) is -0.0669. The van der Waals surface area contributed by atoms with E-state index in [1.165, 1.54) is 0 Å². The first-order chi connectivity index (χ1) is 7.42. The van der Waals surface area contributed by atoms with Crippen LogP contribution in [0.3, 0.4) is 0 Å². The minimum Gasteiger partial charge on any atom is -0.309 e. The highest BCUT2D eigenvalue weighted by atomic mass is 16.1. The normalized spacial score (nSPS) is 22.3. The summed E-state index contributed by atoms with van der Waals surface area (Å²) in [7, 11) is 0. The van der Waals surface area contributed by atoms with E-state index in [-0.39, 0.29) is 12.0 Å². The molecule has 0 aromatic heterocycles. The molecule has 0 saturated heterocycles. The molecule has 15 heavy (non-hydrogen) atoms. The maximum absolute atomic E-state index is 11.1. The standard InChI is InChI=1S/C13H15NO/c15-10-12(11-6-2-1-3-7-11)13-8-4-5-9-14-13/h1-4,6-8,10,12-14H,5,9H2/t12-,13+/m0/s1. The van der Waals surface area contributed by atoms with Crippen molar-refractivity contribution in [2.45, 2.75) is 18.4 Å². The molecule has 1 N–H and O–H groups in total. The van der Waals surface area contributed by atoms with E-state index in [9.17, 15) is 4.79 Å². The van der Waals surface area contributed by atoms with Gasteiger partial charge in [-0.05, 0) is 18.5 Å². The van der Waals surface area contributed by atoms with Gasteiger partial charge < -0.3 is 10.1 Å². The minimum atomic E-state index is -0.0669. The van der Waals surface area contributed by atoms with Crippen LogP contribution in [0.25, 0.3) is 0 Å². The molecule has 0 radical (unpaired) electrons. The lowest BCUT2D eigenvalue weighted by Crippen LogP contribution is -2.36. The van der Waals surface area contributed by atoms with E-state index in [4.69, 9.17) is 0 Å². The predicted molar refractivity (Wildman–Crippen MR) is 60.8 cm³/mol. The Hall–Kier alpha value is -1.41. The van der Waals surface area contributed by atoms with Gasteiger partial charge in [0.05, 0.1) is 5.92 Å². The lowest BCUT2D eigenvalue weighted by Gasteiger charge is -2.24. The van der Waals surface area contributed by atoms with Gasteiger partial charge in [-0.1, -0.05) is 42.5 Å². The number of hydrogen-bond acceptors (Lipinski definition) is 2. The van der Waals surface area contributed by atoms with Crippen LogP contribution in [0, 0.1) is 0 Å². The Morgan fingerprint density at radius 2 is 2.13 bits per heavy atom. The summed E-state index contributed by atoms with van der Waals surface area (Å²) in [4.78, 5) is 11.1. The Bertz CT molecular complexity index is 345. The van der Waals surface area contributed by atoms with E-state index in [1.807, 2.05) is 30.3 Å². The monoisotopic (exact) mass is 201 g/mol. The molecule has 1 aromatic rings. The molecule has 2 heteroatoms. The third-order valence-corrected chi connectivity index (χ3v) is 2.75. The Morgan fingerprint density at radius 3 is 2.73 bits per heavy atom. The number of aldehydes is 1. The number of carbonyl (C=O) groups is 1. The number of benzene rings is 1. The highest BCUT2D eigenvalue weighted by Gasteiger charge is 2.20. The van der Waals surface area contributed by atoms with Crippen molar-refractivity contribution in [3.05, 3.63) is 48.0 Å². The first-order valence-electron chi connectivity index (χ1n) is 5.32. The summed E-state index contributed by atoms with van der Waals surface area (Å²) in [6.07, 6.45) is 6.32. The predicted octanol–water partition coefficient (Wildman–Crippen LogP) is 1.89. The molecule has 2 rings (SSSR count). The van der Waals surface area contributed by atoms with Gasteiger partial charge >= 0.3 is 0 Å². The fourth-order valence-electron chi connectivity index (χ4n) is 1.94. The lowest BCUT2D eigenvalue weighted by atomic mass is 9.91. The lowest BCUT2D eigenvalue weighted by molar-refractivity contribution is -0.109. The van der Waals surface area contributed by atoms with E-state index in [1.54, 1.807) is 0 Å². The molecule has 0 spiro atoms. The number of carbonyl (C=O) groups excluding carboxylic acids is 1. The molecule has 1 aromatic carbocycles. The number of nitrogens with one attached hydrogen (secondary N) is 1. The average molecular weight is 201 g/mol. The fraction of sp³-hybridized carbons (Fsp3) is 0.308. The summed E-state index contributed by atoms with van der Waals surface area (Å²) in [6.45, 7) is 0.957. The molecule has 1 heterocycles. The van der Waals surface area contributed by atoms with Crippen LogP contribution in [-0.4, -0.2) is 18.9 Å². The zero-order valence-corrected chi connectivity index (χ0v) is 8.60. The molecule has 1 aliphatic heterocycles. The molecule has 0 bridgehead atoms. The highest BCUT2D eigenvalue weighted by Crippen LogP contribution is 2.19. The topological polar surface area (TPSA) is 29.1 Å². The van der Waals surface area contributed by atoms with E-state index < -0.39 is 0 Å². The maximum Gasteiger partial charge on any atom is 0.129 e. The number of rotatable bonds is 3. The summed E-state index contributed by atoms with van der Waals surface area (Å²) in [6, 6.07) is 10.1. The molecule has 0 aliphatic carbocycles. The van der Waals surface area contributed by atoms with Crippen molar-refractivity contribution in [1.82, 2.24) is 5.32 Å². The van der Waals surface area contributed by atoms with E-state index in [0.29, 0.717) is 0 Å². The van der Waals surface area contributed by atoms with E-state index in [0.717, 1.165) is 24.8 Å². The summed E-state index contributed by atoms with van der Waals surface area (Å²) >= 11 is 0. The molecular weight excluding hydrogens is 186 g/mol. The largest absolute Gasteiger partial charge is 0.309 e. The second-order valence-electron chi connectivity index (χ2n) is 3.77. The first-order valence-corrected chi connectivity index (χ1v) is 5.32. The van der Waals surface area contributed by atoms with Gasteiger partial charge in [-0.2, -0.15) is 0 Å². The van der Waals surface area contributed by atoms with Crippen LogP contribution >= 0.6 is 0 Å². The maximum atomic E-state index is 11.1. The summed E-state index contributed by atoms with van der Waals surface area (Å²) in [5.41, 5.74) is 1.08. The average Bonchev–Trinajstić information content (AvgIpc) is 2.33. The van der Waals surface area contributed by atoms with Crippen LogP contribution in [0.5, 0.6) is 0 Å². The Kier molecular flexibility index (Phi) is 3.30. The van der Waals surface area contributed by atoms with Crippen LogP contribution in [0.2, 0.25) is 0 Å². The Morgan fingerprint density at radius 1 is 1.33 bits per heavy atom. The third-order valence-electron chi connectivity index (χ3n) is 2.75. The van der Waals surface area contributed by atoms with Gasteiger partial charge in [0.1, 0.15) is 6.29 Å². The molecule has 2 nitrogen and oxygen atoms in total. The van der Waals surface area contributed by atoms with Gasteiger partial charge in [-0.15, -0.1) is 0 Å². The number of hydrogen-bond donors (Lipinski definition) is 1. The van der Waals surface area contributed by atoms with Crippen molar-refractivity contribution < 1.29 is 4.79 Å². The van der Waals surface area contributed by atoms with Crippen LogP contribution in [0.1, 0.15) is 17.9 Å². The zero-order chi connectivity index (χ0) is 10.5. The van der Waals surface area contributed by atoms with E-state index in [2.05, 4.69) is 17.5 Å². The molecule has 0 unspecified atom stereocenters. The van der Waals surface area contributed by atoms with Crippen molar-refractivity contribution in [2.75, 3.05) is 6.54 Å². The molecule has 0 saturated carbocycles.